The fraction of sp³-hybridized carbons (Fsp3) is 0.444. The summed E-state index contributed by atoms with van der Waals surface area (Å²) in [7, 11) is 1.68. The molecule has 0 aliphatic heterocycles. The van der Waals surface area contributed by atoms with Crippen LogP contribution in [0.25, 0.3) is 11.3 Å². The summed E-state index contributed by atoms with van der Waals surface area (Å²) in [6.07, 6.45) is 1.11. The van der Waals surface area contributed by atoms with Gasteiger partial charge in [-0.1, -0.05) is 44.2 Å². The van der Waals surface area contributed by atoms with E-state index in [1.54, 1.807) is 7.11 Å². The van der Waals surface area contributed by atoms with Gasteiger partial charge >= 0.3 is 0 Å². The molecule has 0 radical (unpaired) electrons. The van der Waals surface area contributed by atoms with Gasteiger partial charge in [-0.05, 0) is 12.3 Å². The number of aromatic nitrogens is 2. The monoisotopic (exact) mass is 314 g/mol. The molecule has 0 bridgehead atoms. The Kier molecular flexibility index (Phi) is 6.81. The van der Waals surface area contributed by atoms with Crippen molar-refractivity contribution in [2.75, 3.05) is 37.4 Å². The summed E-state index contributed by atoms with van der Waals surface area (Å²) in [6.45, 7) is 6.64. The average Bonchev–Trinajstić information content (AvgIpc) is 2.55. The molecule has 0 aliphatic rings. The smallest absolute Gasteiger partial charge is 0.225 e. The lowest BCUT2D eigenvalue weighted by atomic mass is 10.1. The van der Waals surface area contributed by atoms with Crippen LogP contribution >= 0.6 is 0 Å². The Labute approximate surface area is 138 Å². The van der Waals surface area contributed by atoms with E-state index in [0.29, 0.717) is 25.0 Å². The molecule has 1 heterocycles. The molecule has 0 amide bonds. The van der Waals surface area contributed by atoms with Crippen LogP contribution in [-0.4, -0.2) is 36.8 Å². The van der Waals surface area contributed by atoms with Crippen LogP contribution in [0.4, 0.5) is 11.8 Å². The van der Waals surface area contributed by atoms with Crippen molar-refractivity contribution in [3.8, 4) is 11.3 Å². The number of ether oxygens (including phenoxy) is 1. The summed E-state index contributed by atoms with van der Waals surface area (Å²) in [6, 6.07) is 12.1. The zero-order chi connectivity index (χ0) is 16.5. The van der Waals surface area contributed by atoms with Gasteiger partial charge in [-0.25, -0.2) is 4.98 Å². The molecule has 0 fully saturated rings. The summed E-state index contributed by atoms with van der Waals surface area (Å²) in [4.78, 5) is 9.14. The first kappa shape index (κ1) is 17.2. The molecule has 1 aromatic carbocycles. The highest BCUT2D eigenvalue weighted by Crippen LogP contribution is 2.21. The number of rotatable bonds is 9. The van der Waals surface area contributed by atoms with E-state index in [9.17, 15) is 0 Å². The highest BCUT2D eigenvalue weighted by molar-refractivity contribution is 5.64. The maximum Gasteiger partial charge on any atom is 0.225 e. The van der Waals surface area contributed by atoms with Crippen LogP contribution in [0.2, 0.25) is 0 Å². The first-order chi connectivity index (χ1) is 11.2. The molecule has 5 nitrogen and oxygen atoms in total. The second kappa shape index (κ2) is 9.10. The van der Waals surface area contributed by atoms with E-state index >= 15 is 0 Å². The number of anilines is 2. The van der Waals surface area contributed by atoms with Gasteiger partial charge in [0.2, 0.25) is 5.95 Å². The molecular weight excluding hydrogens is 288 g/mol. The fourth-order valence-corrected chi connectivity index (χ4v) is 2.13. The lowest BCUT2D eigenvalue weighted by Gasteiger charge is -2.12. The van der Waals surface area contributed by atoms with Crippen molar-refractivity contribution < 1.29 is 4.74 Å². The molecule has 0 spiro atoms. The van der Waals surface area contributed by atoms with Crippen molar-refractivity contribution in [3.63, 3.8) is 0 Å². The molecule has 23 heavy (non-hydrogen) atoms. The Bertz CT molecular complexity index is 587. The van der Waals surface area contributed by atoms with Crippen LogP contribution in [0.1, 0.15) is 20.3 Å². The van der Waals surface area contributed by atoms with Gasteiger partial charge in [0, 0.05) is 31.8 Å². The van der Waals surface area contributed by atoms with E-state index in [-0.39, 0.29) is 0 Å². The summed E-state index contributed by atoms with van der Waals surface area (Å²) in [5.41, 5.74) is 1.99. The molecule has 0 aliphatic carbocycles. The average molecular weight is 314 g/mol. The van der Waals surface area contributed by atoms with Gasteiger partial charge in [-0.15, -0.1) is 0 Å². The van der Waals surface area contributed by atoms with E-state index in [0.717, 1.165) is 30.0 Å². The first-order valence-corrected chi connectivity index (χ1v) is 8.10. The molecule has 0 saturated heterocycles. The van der Waals surface area contributed by atoms with Crippen LogP contribution in [0.15, 0.2) is 36.4 Å². The summed E-state index contributed by atoms with van der Waals surface area (Å²) in [5, 5.41) is 6.60. The third-order valence-corrected chi connectivity index (χ3v) is 3.41. The number of nitrogens with zero attached hydrogens (tertiary/aromatic N) is 2. The Morgan fingerprint density at radius 1 is 1.04 bits per heavy atom. The van der Waals surface area contributed by atoms with Gasteiger partial charge in [0.25, 0.3) is 0 Å². The van der Waals surface area contributed by atoms with Crippen molar-refractivity contribution in [2.45, 2.75) is 20.3 Å². The third kappa shape index (κ3) is 5.87. The maximum absolute atomic E-state index is 5.07. The Hall–Kier alpha value is -2.14. The van der Waals surface area contributed by atoms with E-state index in [1.165, 1.54) is 0 Å². The minimum absolute atomic E-state index is 0.620. The van der Waals surface area contributed by atoms with Crippen molar-refractivity contribution in [3.05, 3.63) is 36.4 Å². The number of hydrogen-bond acceptors (Lipinski definition) is 5. The molecule has 2 rings (SSSR count). The zero-order valence-electron chi connectivity index (χ0n) is 14.2. The van der Waals surface area contributed by atoms with Crippen LogP contribution < -0.4 is 10.6 Å². The SMILES string of the molecule is COCCNc1nc(NCCC(C)C)cc(-c2ccccc2)n1. The second-order valence-corrected chi connectivity index (χ2v) is 5.86. The first-order valence-electron chi connectivity index (χ1n) is 8.10. The Morgan fingerprint density at radius 3 is 2.52 bits per heavy atom. The zero-order valence-corrected chi connectivity index (χ0v) is 14.2. The van der Waals surface area contributed by atoms with E-state index in [4.69, 9.17) is 4.74 Å². The van der Waals surface area contributed by atoms with E-state index in [1.807, 2.05) is 24.3 Å². The highest BCUT2D eigenvalue weighted by atomic mass is 16.5. The summed E-state index contributed by atoms with van der Waals surface area (Å²) < 4.78 is 5.07. The normalized spacial score (nSPS) is 10.8. The van der Waals surface area contributed by atoms with Crippen molar-refractivity contribution in [1.82, 2.24) is 9.97 Å². The Morgan fingerprint density at radius 2 is 1.83 bits per heavy atom. The number of methoxy groups -OCH3 is 1. The summed E-state index contributed by atoms with van der Waals surface area (Å²) in [5.74, 6) is 2.13. The molecule has 2 N–H and O–H groups in total. The van der Waals surface area contributed by atoms with Crippen molar-refractivity contribution in [1.29, 1.82) is 0 Å². The quantitative estimate of drug-likeness (QED) is 0.692. The molecule has 0 unspecified atom stereocenters. The molecular formula is C18H26N4O. The predicted octanol–water partition coefficient (Wildman–Crippen LogP) is 3.66. The van der Waals surface area contributed by atoms with Crippen molar-refractivity contribution in [2.24, 2.45) is 5.92 Å². The van der Waals surface area contributed by atoms with E-state index < -0.39 is 0 Å². The maximum atomic E-state index is 5.07. The largest absolute Gasteiger partial charge is 0.383 e. The molecule has 5 heteroatoms. The van der Waals surface area contributed by atoms with Gasteiger partial charge in [0.1, 0.15) is 5.82 Å². The number of hydrogen-bond donors (Lipinski definition) is 2. The highest BCUT2D eigenvalue weighted by Gasteiger charge is 2.06. The third-order valence-electron chi connectivity index (χ3n) is 3.41. The minimum atomic E-state index is 0.620. The molecule has 0 saturated carbocycles. The molecule has 1 aromatic heterocycles. The standard InChI is InChI=1S/C18H26N4O/c1-14(2)9-10-19-17-13-16(15-7-5-4-6-8-15)21-18(22-17)20-11-12-23-3/h4-8,13-14H,9-12H2,1-3H3,(H2,19,20,21,22). The molecule has 2 aromatic rings. The molecule has 0 atom stereocenters. The van der Waals surface area contributed by atoms with Crippen LogP contribution in [0.3, 0.4) is 0 Å². The number of nitrogens with one attached hydrogen (secondary N) is 2. The lowest BCUT2D eigenvalue weighted by Crippen LogP contribution is -2.13. The van der Waals surface area contributed by atoms with Crippen molar-refractivity contribution >= 4 is 11.8 Å². The minimum Gasteiger partial charge on any atom is -0.383 e. The van der Waals surface area contributed by atoms with Gasteiger partial charge in [-0.2, -0.15) is 4.98 Å². The van der Waals surface area contributed by atoms with Gasteiger partial charge < -0.3 is 15.4 Å². The summed E-state index contributed by atoms with van der Waals surface area (Å²) >= 11 is 0. The Balaban J connectivity index is 2.17. The van der Waals surface area contributed by atoms with E-state index in [2.05, 4.69) is 46.6 Å². The number of benzene rings is 1. The van der Waals surface area contributed by atoms with Gasteiger partial charge in [0.05, 0.1) is 12.3 Å². The van der Waals surface area contributed by atoms with Crippen LogP contribution in [0.5, 0.6) is 0 Å². The van der Waals surface area contributed by atoms with Gasteiger partial charge in [-0.3, -0.25) is 0 Å². The topological polar surface area (TPSA) is 59.1 Å². The van der Waals surface area contributed by atoms with Gasteiger partial charge in [0.15, 0.2) is 0 Å². The predicted molar refractivity (Wildman–Crippen MR) is 95.8 cm³/mol. The fourth-order valence-electron chi connectivity index (χ4n) is 2.13. The lowest BCUT2D eigenvalue weighted by molar-refractivity contribution is 0.210. The van der Waals surface area contributed by atoms with Crippen LogP contribution in [-0.2, 0) is 4.74 Å². The van der Waals surface area contributed by atoms with Crippen LogP contribution in [0, 0.1) is 5.92 Å². The second-order valence-electron chi connectivity index (χ2n) is 5.86. The molecule has 124 valence electrons.